The van der Waals surface area contributed by atoms with Gasteiger partial charge in [-0.25, -0.2) is 0 Å². The van der Waals surface area contributed by atoms with Crippen molar-refractivity contribution in [1.82, 2.24) is 4.90 Å². The Morgan fingerprint density at radius 2 is 1.10 bits per heavy atom. The summed E-state index contributed by atoms with van der Waals surface area (Å²) in [7, 11) is 3.09. The van der Waals surface area contributed by atoms with Crippen LogP contribution in [0.3, 0.4) is 0 Å². The maximum absolute atomic E-state index is 14.9. The molecule has 3 aromatic carbocycles. The molecule has 6 bridgehead atoms. The summed E-state index contributed by atoms with van der Waals surface area (Å²) >= 11 is 0. The molecule has 5 heteroatoms. The summed E-state index contributed by atoms with van der Waals surface area (Å²) in [6.45, 7) is 5.25. The van der Waals surface area contributed by atoms with Gasteiger partial charge in [-0.2, -0.15) is 0 Å². The van der Waals surface area contributed by atoms with Crippen LogP contribution < -0.4 is 0 Å². The first-order valence-corrected chi connectivity index (χ1v) is 15.5. The van der Waals surface area contributed by atoms with Gasteiger partial charge in [0, 0.05) is 30.2 Å². The van der Waals surface area contributed by atoms with Crippen molar-refractivity contribution in [2.75, 3.05) is 14.2 Å². The number of carbonyl (C=O) groups excluding carboxylic acids is 2. The van der Waals surface area contributed by atoms with Crippen molar-refractivity contribution in [3.63, 3.8) is 0 Å². The highest BCUT2D eigenvalue weighted by molar-refractivity contribution is 5.94. The summed E-state index contributed by atoms with van der Waals surface area (Å²) in [5, 5.41) is 0. The zero-order chi connectivity index (χ0) is 28.8. The predicted octanol–water partition coefficient (Wildman–Crippen LogP) is 6.01. The summed E-state index contributed by atoms with van der Waals surface area (Å²) in [5.41, 5.74) is 4.54. The van der Waals surface area contributed by atoms with Crippen LogP contribution in [0, 0.1) is 29.1 Å². The van der Waals surface area contributed by atoms with Crippen molar-refractivity contribution in [2.45, 2.75) is 61.6 Å². The van der Waals surface area contributed by atoms with Gasteiger partial charge in [0.15, 0.2) is 0 Å². The number of fused-ring (bicyclic) bond motifs is 22. The lowest BCUT2D eigenvalue weighted by atomic mass is 9.49. The minimum absolute atomic E-state index is 0.0174. The lowest BCUT2D eigenvalue weighted by molar-refractivity contribution is -0.164. The second-order valence-electron chi connectivity index (χ2n) is 14.3. The van der Waals surface area contributed by atoms with E-state index in [9.17, 15) is 9.59 Å². The Labute approximate surface area is 247 Å². The number of carbonyl (C=O) groups is 2. The van der Waals surface area contributed by atoms with E-state index in [1.54, 1.807) is 14.2 Å². The molecule has 5 nitrogen and oxygen atoms in total. The molecule has 0 unspecified atom stereocenters. The minimum atomic E-state index is -0.939. The summed E-state index contributed by atoms with van der Waals surface area (Å²) in [6.07, 6.45) is 0.983. The highest BCUT2D eigenvalue weighted by Crippen LogP contribution is 2.86. The third-order valence-electron chi connectivity index (χ3n) is 13.1. The molecule has 9 rings (SSSR count). The van der Waals surface area contributed by atoms with Crippen LogP contribution in [0.25, 0.3) is 0 Å². The van der Waals surface area contributed by atoms with E-state index < -0.39 is 11.1 Å². The first kappa shape index (κ1) is 25.1. The Bertz CT molecular complexity index is 1570. The van der Waals surface area contributed by atoms with Gasteiger partial charge in [0.05, 0.1) is 14.2 Å². The Morgan fingerprint density at radius 3 is 1.55 bits per heavy atom. The number of rotatable bonds is 4. The van der Waals surface area contributed by atoms with Crippen LogP contribution in [0.15, 0.2) is 78.9 Å². The molecule has 2 aliphatic heterocycles. The van der Waals surface area contributed by atoms with E-state index in [0.717, 1.165) is 12.0 Å². The van der Waals surface area contributed by atoms with Gasteiger partial charge in [0.2, 0.25) is 0 Å². The highest BCUT2D eigenvalue weighted by Gasteiger charge is 2.92. The highest BCUT2D eigenvalue weighted by atomic mass is 16.5. The molecule has 4 fully saturated rings. The Kier molecular flexibility index (Phi) is 4.74. The maximum Gasteiger partial charge on any atom is 0.326 e. The van der Waals surface area contributed by atoms with E-state index in [-0.39, 0.29) is 64.7 Å². The quantitative estimate of drug-likeness (QED) is 0.367. The van der Waals surface area contributed by atoms with E-state index in [0.29, 0.717) is 6.54 Å². The molecule has 0 aromatic heterocycles. The fraction of sp³-hybridized carbons (Fsp3) is 0.459. The molecular weight excluding hydrogens is 522 g/mol. The Balaban J connectivity index is 1.39. The number of hydrogen-bond acceptors (Lipinski definition) is 5. The lowest BCUT2D eigenvalue weighted by Crippen LogP contribution is -2.60. The molecular formula is C37H37NO4. The van der Waals surface area contributed by atoms with E-state index >= 15 is 0 Å². The molecule has 42 heavy (non-hydrogen) atoms. The van der Waals surface area contributed by atoms with Crippen LogP contribution in [0.2, 0.25) is 0 Å². The summed E-state index contributed by atoms with van der Waals surface area (Å²) in [6, 6.07) is 28.0. The minimum Gasteiger partial charge on any atom is -0.468 e. The number of nitrogens with zero attached hydrogens (tertiary/aromatic N) is 1. The van der Waals surface area contributed by atoms with Gasteiger partial charge in [-0.15, -0.1) is 0 Å². The fourth-order valence-electron chi connectivity index (χ4n) is 12.5. The van der Waals surface area contributed by atoms with Crippen molar-refractivity contribution >= 4 is 11.9 Å². The molecule has 4 aliphatic carbocycles. The molecule has 2 saturated heterocycles. The summed E-state index contributed by atoms with van der Waals surface area (Å²) in [5.74, 6) is 0.233. The number of benzene rings is 3. The molecule has 10 atom stereocenters. The van der Waals surface area contributed by atoms with Gasteiger partial charge in [-0.3, -0.25) is 14.5 Å². The number of esters is 2. The van der Waals surface area contributed by atoms with Crippen LogP contribution in [-0.4, -0.2) is 42.1 Å². The van der Waals surface area contributed by atoms with Gasteiger partial charge in [0.25, 0.3) is 0 Å². The molecule has 6 aliphatic rings. The van der Waals surface area contributed by atoms with E-state index in [1.165, 1.54) is 22.3 Å². The van der Waals surface area contributed by atoms with Crippen LogP contribution in [0.4, 0.5) is 0 Å². The normalized spacial score (nSPS) is 40.4. The van der Waals surface area contributed by atoms with Crippen molar-refractivity contribution in [3.05, 3.63) is 107 Å². The molecule has 0 spiro atoms. The van der Waals surface area contributed by atoms with Gasteiger partial charge < -0.3 is 9.47 Å². The maximum atomic E-state index is 14.9. The fourth-order valence-corrected chi connectivity index (χ4v) is 12.5. The molecule has 2 saturated carbocycles. The van der Waals surface area contributed by atoms with Gasteiger partial charge >= 0.3 is 11.9 Å². The van der Waals surface area contributed by atoms with Gasteiger partial charge in [0.1, 0.15) is 11.1 Å². The van der Waals surface area contributed by atoms with Crippen LogP contribution in [-0.2, 0) is 25.6 Å². The second kappa shape index (κ2) is 7.93. The molecule has 2 heterocycles. The Morgan fingerprint density at radius 1 is 0.667 bits per heavy atom. The van der Waals surface area contributed by atoms with Crippen LogP contribution >= 0.6 is 0 Å². The van der Waals surface area contributed by atoms with E-state index in [1.807, 2.05) is 18.2 Å². The zero-order valence-corrected chi connectivity index (χ0v) is 24.6. The smallest absolute Gasteiger partial charge is 0.326 e. The van der Waals surface area contributed by atoms with Crippen molar-refractivity contribution in [1.29, 1.82) is 0 Å². The molecule has 0 amide bonds. The first-order valence-electron chi connectivity index (χ1n) is 15.5. The molecule has 0 radical (unpaired) electrons. The number of methoxy groups -OCH3 is 2. The molecule has 0 N–H and O–H groups in total. The van der Waals surface area contributed by atoms with E-state index in [4.69, 9.17) is 9.47 Å². The SMILES string of the molecule is COC(=O)[C@]12[C@@H]3[C@@H]([C@H]4c5ccccc5[C@@H]3C4(C)C)[C@](C(=O)OC)([C@@H]3[C@H]1[C@@H]1C[C@H]3c3ccccc31)N2Cc1ccccc1. The predicted molar refractivity (Wildman–Crippen MR) is 158 cm³/mol. The van der Waals surface area contributed by atoms with Crippen molar-refractivity contribution in [3.8, 4) is 0 Å². The van der Waals surface area contributed by atoms with Gasteiger partial charge in [-0.05, 0) is 63.3 Å². The van der Waals surface area contributed by atoms with Crippen LogP contribution in [0.5, 0.6) is 0 Å². The molecule has 214 valence electrons. The van der Waals surface area contributed by atoms with Crippen molar-refractivity contribution < 1.29 is 19.1 Å². The van der Waals surface area contributed by atoms with Gasteiger partial charge in [-0.1, -0.05) is 92.7 Å². The lowest BCUT2D eigenvalue weighted by Gasteiger charge is -2.51. The monoisotopic (exact) mass is 559 g/mol. The average molecular weight is 560 g/mol. The standard InChI is InChI=1S/C37H37NO4/c1-35(2)27-23-16-10-11-17-24(23)28(35)32-31(27)36(33(39)41-3)29-25-18-26(22-15-9-8-14-21(22)25)30(29)37(32,34(40)42-4)38(36)19-20-12-6-5-7-13-20/h5-17,25-32H,18-19H2,1-4H3/t25-,26+,27+,28-,29-,30+,31+,32-,36-,37+. The topological polar surface area (TPSA) is 55.8 Å². The van der Waals surface area contributed by atoms with Crippen LogP contribution in [0.1, 0.15) is 71.8 Å². The summed E-state index contributed by atoms with van der Waals surface area (Å²) < 4.78 is 11.8. The van der Waals surface area contributed by atoms with E-state index in [2.05, 4.69) is 79.4 Å². The average Bonchev–Trinajstić information content (AvgIpc) is 3.80. The summed E-state index contributed by atoms with van der Waals surface area (Å²) in [4.78, 5) is 32.2. The molecule has 3 aromatic rings. The Hall–Kier alpha value is -3.44. The third-order valence-corrected chi connectivity index (χ3v) is 13.1. The zero-order valence-electron chi connectivity index (χ0n) is 24.6. The first-order chi connectivity index (χ1) is 20.4. The van der Waals surface area contributed by atoms with Crippen molar-refractivity contribution in [2.24, 2.45) is 29.1 Å². The number of ether oxygens (including phenoxy) is 2. The largest absolute Gasteiger partial charge is 0.468 e. The number of hydrogen-bond donors (Lipinski definition) is 0. The third kappa shape index (κ3) is 2.41. The second-order valence-corrected chi connectivity index (χ2v) is 14.3.